The van der Waals surface area contributed by atoms with E-state index in [2.05, 4.69) is 17.6 Å². The Labute approximate surface area is 193 Å². The number of fused-ring (bicyclic) bond motifs is 2. The molecule has 0 saturated carbocycles. The predicted octanol–water partition coefficient (Wildman–Crippen LogP) is 5.99. The van der Waals surface area contributed by atoms with E-state index >= 15 is 0 Å². The van der Waals surface area contributed by atoms with Crippen molar-refractivity contribution < 1.29 is 9.59 Å². The number of nitrogens with one attached hydrogen (secondary N) is 2. The molecule has 6 heteroatoms. The third-order valence-electron chi connectivity index (χ3n) is 6.56. The van der Waals surface area contributed by atoms with E-state index in [1.165, 1.54) is 0 Å². The Bertz CT molecular complexity index is 1070. The molecular weight excluding hydrogens is 431 g/mol. The normalized spacial score (nSPS) is 25.4. The SMILES string of the molecule is C/C=C(\CCCC)[C@H]1NC(=O)C[C@@H](c2cccc(Cl)c2)[C@]12C(=O)Nc1cc(Cl)ccc12. The van der Waals surface area contributed by atoms with Gasteiger partial charge in [0.15, 0.2) is 0 Å². The molecule has 2 aromatic carbocycles. The van der Waals surface area contributed by atoms with E-state index in [1.807, 2.05) is 43.3 Å². The molecule has 2 N–H and O–H groups in total. The van der Waals surface area contributed by atoms with Gasteiger partial charge in [-0.15, -0.1) is 0 Å². The molecule has 1 saturated heterocycles. The zero-order valence-corrected chi connectivity index (χ0v) is 19.2. The standard InChI is InChI=1S/C25H26Cl2N2O2/c1-3-5-7-15(4-2)23-25(19-11-10-18(27)13-21(19)28-24(25)31)20(14-22(30)29-23)16-8-6-9-17(26)12-16/h4,6,8-13,20,23H,3,5,7,14H2,1-2H3,(H,28,31)(H,29,30)/b15-4+/t20-,23+,25-/m0/s1. The molecule has 0 radical (unpaired) electrons. The number of carbonyl (C=O) groups excluding carboxylic acids is 2. The molecule has 2 amide bonds. The number of piperidine rings is 1. The number of amides is 2. The van der Waals surface area contributed by atoms with Gasteiger partial charge in [-0.2, -0.15) is 0 Å². The number of anilines is 1. The number of hydrogen-bond donors (Lipinski definition) is 2. The van der Waals surface area contributed by atoms with Crippen LogP contribution < -0.4 is 10.6 Å². The summed E-state index contributed by atoms with van der Waals surface area (Å²) in [5.74, 6) is -0.536. The van der Waals surface area contributed by atoms with Gasteiger partial charge < -0.3 is 10.6 Å². The maximum atomic E-state index is 13.8. The smallest absolute Gasteiger partial charge is 0.238 e. The van der Waals surface area contributed by atoms with Crippen molar-refractivity contribution in [1.82, 2.24) is 5.32 Å². The molecule has 31 heavy (non-hydrogen) atoms. The number of unbranched alkanes of at least 4 members (excludes halogenated alkanes) is 1. The van der Waals surface area contributed by atoms with Crippen molar-refractivity contribution in [2.24, 2.45) is 0 Å². The number of hydrogen-bond acceptors (Lipinski definition) is 2. The summed E-state index contributed by atoms with van der Waals surface area (Å²) in [6, 6.07) is 12.6. The fourth-order valence-electron chi connectivity index (χ4n) is 5.17. The maximum Gasteiger partial charge on any atom is 0.238 e. The summed E-state index contributed by atoms with van der Waals surface area (Å²) in [6.45, 7) is 4.11. The van der Waals surface area contributed by atoms with Crippen molar-refractivity contribution >= 4 is 40.7 Å². The highest BCUT2D eigenvalue weighted by molar-refractivity contribution is 6.31. The van der Waals surface area contributed by atoms with Gasteiger partial charge in [0.2, 0.25) is 11.8 Å². The highest BCUT2D eigenvalue weighted by Crippen LogP contribution is 2.54. The number of allylic oxidation sites excluding steroid dienone is 1. The first-order valence-corrected chi connectivity index (χ1v) is 11.5. The second-order valence-electron chi connectivity index (χ2n) is 8.29. The van der Waals surface area contributed by atoms with E-state index in [0.717, 1.165) is 36.0 Å². The quantitative estimate of drug-likeness (QED) is 0.542. The largest absolute Gasteiger partial charge is 0.348 e. The molecule has 2 aliphatic rings. The van der Waals surface area contributed by atoms with Crippen molar-refractivity contribution in [3.8, 4) is 0 Å². The van der Waals surface area contributed by atoms with Gasteiger partial charge in [-0.3, -0.25) is 9.59 Å². The van der Waals surface area contributed by atoms with Gasteiger partial charge in [-0.1, -0.05) is 66.4 Å². The Kier molecular flexibility index (Phi) is 6.14. The summed E-state index contributed by atoms with van der Waals surface area (Å²) in [7, 11) is 0. The second kappa shape index (κ2) is 8.68. The third-order valence-corrected chi connectivity index (χ3v) is 7.03. The van der Waals surface area contributed by atoms with Crippen molar-refractivity contribution in [2.45, 2.75) is 56.9 Å². The fraction of sp³-hybridized carbons (Fsp3) is 0.360. The van der Waals surface area contributed by atoms with Gasteiger partial charge in [-0.25, -0.2) is 0 Å². The molecule has 1 spiro atoms. The average molecular weight is 457 g/mol. The van der Waals surface area contributed by atoms with Crippen molar-refractivity contribution in [3.05, 3.63) is 75.3 Å². The van der Waals surface area contributed by atoms with E-state index in [4.69, 9.17) is 23.2 Å². The van der Waals surface area contributed by atoms with E-state index in [-0.39, 0.29) is 24.2 Å². The zero-order valence-electron chi connectivity index (χ0n) is 17.7. The summed E-state index contributed by atoms with van der Waals surface area (Å²) in [4.78, 5) is 26.8. The van der Waals surface area contributed by atoms with Crippen LogP contribution in [0.4, 0.5) is 5.69 Å². The predicted molar refractivity (Wildman–Crippen MR) is 126 cm³/mol. The molecule has 0 bridgehead atoms. The van der Waals surface area contributed by atoms with Gasteiger partial charge in [0.05, 0.1) is 6.04 Å². The molecule has 0 unspecified atom stereocenters. The van der Waals surface area contributed by atoms with Crippen LogP contribution in [0.15, 0.2) is 54.1 Å². The number of rotatable bonds is 5. The van der Waals surface area contributed by atoms with Crippen LogP contribution in [0.2, 0.25) is 10.0 Å². The van der Waals surface area contributed by atoms with Crippen molar-refractivity contribution in [1.29, 1.82) is 0 Å². The Morgan fingerprint density at radius 1 is 1.16 bits per heavy atom. The lowest BCUT2D eigenvalue weighted by molar-refractivity contribution is -0.130. The first-order valence-electron chi connectivity index (χ1n) is 10.7. The van der Waals surface area contributed by atoms with Crippen molar-refractivity contribution in [3.63, 3.8) is 0 Å². The molecule has 0 aliphatic carbocycles. The molecule has 2 heterocycles. The highest BCUT2D eigenvalue weighted by Gasteiger charge is 2.61. The van der Waals surface area contributed by atoms with Crippen LogP contribution in [0.3, 0.4) is 0 Å². The summed E-state index contributed by atoms with van der Waals surface area (Å²) in [5.41, 5.74) is 2.55. The van der Waals surface area contributed by atoms with Crippen LogP contribution >= 0.6 is 23.2 Å². The minimum Gasteiger partial charge on any atom is -0.348 e. The Hall–Kier alpha value is -2.30. The average Bonchev–Trinajstić information content (AvgIpc) is 3.02. The van der Waals surface area contributed by atoms with Gasteiger partial charge in [-0.05, 0) is 55.2 Å². The molecule has 3 atom stereocenters. The number of halogens is 2. The van der Waals surface area contributed by atoms with E-state index < -0.39 is 11.5 Å². The van der Waals surface area contributed by atoms with Crippen LogP contribution in [-0.2, 0) is 15.0 Å². The summed E-state index contributed by atoms with van der Waals surface area (Å²) in [5, 5.41) is 7.38. The second-order valence-corrected chi connectivity index (χ2v) is 9.17. The van der Waals surface area contributed by atoms with Gasteiger partial charge in [0.25, 0.3) is 0 Å². The van der Waals surface area contributed by atoms with Gasteiger partial charge in [0, 0.05) is 28.1 Å². The number of benzene rings is 2. The fourth-order valence-corrected chi connectivity index (χ4v) is 5.54. The van der Waals surface area contributed by atoms with Crippen LogP contribution in [0.5, 0.6) is 0 Å². The van der Waals surface area contributed by atoms with Crippen LogP contribution in [0.1, 0.15) is 56.6 Å². The van der Waals surface area contributed by atoms with E-state index in [0.29, 0.717) is 15.7 Å². The van der Waals surface area contributed by atoms with Crippen molar-refractivity contribution in [2.75, 3.05) is 5.32 Å². The Balaban J connectivity index is 1.97. The van der Waals surface area contributed by atoms with Crippen LogP contribution in [0.25, 0.3) is 0 Å². The molecular formula is C25H26Cl2N2O2. The highest BCUT2D eigenvalue weighted by atomic mass is 35.5. The third kappa shape index (κ3) is 3.66. The van der Waals surface area contributed by atoms with E-state index in [1.54, 1.807) is 12.1 Å². The van der Waals surface area contributed by atoms with Crippen LogP contribution in [-0.4, -0.2) is 17.9 Å². The summed E-state index contributed by atoms with van der Waals surface area (Å²) < 4.78 is 0. The molecule has 1 fully saturated rings. The van der Waals surface area contributed by atoms with Gasteiger partial charge >= 0.3 is 0 Å². The minimum absolute atomic E-state index is 0.0633. The van der Waals surface area contributed by atoms with E-state index in [9.17, 15) is 9.59 Å². The Morgan fingerprint density at radius 2 is 1.94 bits per heavy atom. The lowest BCUT2D eigenvalue weighted by Crippen LogP contribution is -2.62. The molecule has 2 aromatic rings. The zero-order chi connectivity index (χ0) is 22.2. The molecule has 4 nitrogen and oxygen atoms in total. The molecule has 2 aliphatic heterocycles. The lowest BCUT2D eigenvalue weighted by Gasteiger charge is -2.47. The maximum absolute atomic E-state index is 13.8. The summed E-state index contributed by atoms with van der Waals surface area (Å²) >= 11 is 12.6. The first-order chi connectivity index (χ1) is 14.9. The van der Waals surface area contributed by atoms with Crippen LogP contribution in [0, 0.1) is 0 Å². The lowest BCUT2D eigenvalue weighted by atomic mass is 9.59. The van der Waals surface area contributed by atoms with Gasteiger partial charge in [0.1, 0.15) is 5.41 Å². The Morgan fingerprint density at radius 3 is 2.65 bits per heavy atom. The minimum atomic E-state index is -0.978. The molecule has 162 valence electrons. The summed E-state index contributed by atoms with van der Waals surface area (Å²) in [6.07, 6.45) is 5.08. The molecule has 0 aromatic heterocycles. The number of carbonyl (C=O) groups is 2. The first kappa shape index (κ1) is 21.9. The topological polar surface area (TPSA) is 58.2 Å². The monoisotopic (exact) mass is 456 g/mol. The molecule has 4 rings (SSSR count).